The van der Waals surface area contributed by atoms with Gasteiger partial charge in [0.2, 0.25) is 5.91 Å². The second-order valence-electron chi connectivity index (χ2n) is 6.44. The predicted octanol–water partition coefficient (Wildman–Crippen LogP) is 1.54. The topological polar surface area (TPSA) is 52.6 Å². The summed E-state index contributed by atoms with van der Waals surface area (Å²) in [7, 11) is 1.62. The van der Waals surface area contributed by atoms with E-state index in [1.54, 1.807) is 7.05 Å². The number of carbonyl (C=O) groups excluding carboxylic acids is 1. The zero-order chi connectivity index (χ0) is 15.7. The minimum absolute atomic E-state index is 0.0274. The quantitative estimate of drug-likeness (QED) is 0.831. The number of amides is 1. The molecular formula is C14H23F3N2O2. The molecule has 0 bridgehead atoms. The summed E-state index contributed by atoms with van der Waals surface area (Å²) in [5.74, 6) is -1.75. The van der Waals surface area contributed by atoms with Crippen molar-refractivity contribution in [1.82, 2.24) is 10.2 Å². The van der Waals surface area contributed by atoms with Crippen LogP contribution in [0.5, 0.6) is 0 Å². The number of β-amino-alcohol motifs (C(OH)–C–C–N with tert-alkyl or cyclic N) is 1. The maximum Gasteiger partial charge on any atom is 0.391 e. The van der Waals surface area contributed by atoms with E-state index in [0.29, 0.717) is 13.0 Å². The summed E-state index contributed by atoms with van der Waals surface area (Å²) >= 11 is 0. The fourth-order valence-electron chi connectivity index (χ4n) is 3.36. The fraction of sp³-hybridized carbons (Fsp3) is 0.929. The summed E-state index contributed by atoms with van der Waals surface area (Å²) in [6.45, 7) is 1.40. The number of likely N-dealkylation sites (N-methyl/N-ethyl adjacent to an activating group) is 1. The number of nitrogens with one attached hydrogen (secondary N) is 1. The van der Waals surface area contributed by atoms with Gasteiger partial charge in [0, 0.05) is 19.5 Å². The van der Waals surface area contributed by atoms with Crippen LogP contribution in [0.3, 0.4) is 0 Å². The van der Waals surface area contributed by atoms with Crippen LogP contribution in [0.2, 0.25) is 0 Å². The predicted molar refractivity (Wildman–Crippen MR) is 71.6 cm³/mol. The van der Waals surface area contributed by atoms with Crippen molar-refractivity contribution < 1.29 is 23.1 Å². The number of nitrogens with zero attached hydrogens (tertiary/aromatic N) is 1. The van der Waals surface area contributed by atoms with Crippen LogP contribution in [0.25, 0.3) is 0 Å². The number of hydrogen-bond donors (Lipinski definition) is 2. The fourth-order valence-corrected chi connectivity index (χ4v) is 3.36. The first kappa shape index (κ1) is 16.5. The summed E-state index contributed by atoms with van der Waals surface area (Å²) in [6, 6.07) is 0. The van der Waals surface area contributed by atoms with Gasteiger partial charge in [-0.2, -0.15) is 13.2 Å². The van der Waals surface area contributed by atoms with E-state index in [9.17, 15) is 23.1 Å². The van der Waals surface area contributed by atoms with Crippen LogP contribution in [-0.4, -0.2) is 54.4 Å². The van der Waals surface area contributed by atoms with Crippen LogP contribution in [0.4, 0.5) is 13.2 Å². The molecule has 1 aliphatic carbocycles. The van der Waals surface area contributed by atoms with Crippen molar-refractivity contribution in [2.45, 2.75) is 43.9 Å². The van der Waals surface area contributed by atoms with Gasteiger partial charge in [-0.3, -0.25) is 4.79 Å². The van der Waals surface area contributed by atoms with Crippen molar-refractivity contribution >= 4 is 5.91 Å². The van der Waals surface area contributed by atoms with Crippen LogP contribution < -0.4 is 5.32 Å². The van der Waals surface area contributed by atoms with E-state index >= 15 is 0 Å². The zero-order valence-electron chi connectivity index (χ0n) is 12.2. The Morgan fingerprint density at radius 3 is 2.43 bits per heavy atom. The molecule has 1 aliphatic heterocycles. The highest BCUT2D eigenvalue weighted by Crippen LogP contribution is 2.40. The van der Waals surface area contributed by atoms with E-state index in [2.05, 4.69) is 5.32 Å². The Morgan fingerprint density at radius 1 is 1.33 bits per heavy atom. The van der Waals surface area contributed by atoms with Gasteiger partial charge < -0.3 is 15.3 Å². The molecule has 2 fully saturated rings. The first-order chi connectivity index (χ1) is 9.71. The van der Waals surface area contributed by atoms with Crippen molar-refractivity contribution in [2.24, 2.45) is 11.8 Å². The largest absolute Gasteiger partial charge is 0.391 e. The maximum absolute atomic E-state index is 12.6. The van der Waals surface area contributed by atoms with E-state index in [1.807, 2.05) is 0 Å². The first-order valence-electron chi connectivity index (χ1n) is 7.46. The van der Waals surface area contributed by atoms with Gasteiger partial charge >= 0.3 is 6.18 Å². The van der Waals surface area contributed by atoms with Crippen molar-refractivity contribution in [3.63, 3.8) is 0 Å². The van der Waals surface area contributed by atoms with E-state index < -0.39 is 17.7 Å². The molecule has 0 radical (unpaired) electrons. The highest BCUT2D eigenvalue weighted by molar-refractivity contribution is 5.78. The van der Waals surface area contributed by atoms with Crippen LogP contribution >= 0.6 is 0 Å². The zero-order valence-corrected chi connectivity index (χ0v) is 12.2. The summed E-state index contributed by atoms with van der Waals surface area (Å²) in [5, 5.41) is 13.3. The first-order valence-corrected chi connectivity index (χ1v) is 7.46. The standard InChI is InChI=1S/C14H23F3N2O2/c1-19(9-13(21)6-7-18-8-13)12(20)10-2-4-11(5-3-10)14(15,16)17/h10-11,18,21H,2-9H2,1H3. The van der Waals surface area contributed by atoms with E-state index in [1.165, 1.54) is 4.90 Å². The Hall–Kier alpha value is -0.820. The Labute approximate surface area is 122 Å². The normalized spacial score (nSPS) is 34.0. The molecule has 0 spiro atoms. The molecule has 2 rings (SSSR count). The minimum Gasteiger partial charge on any atom is -0.387 e. The molecule has 0 aromatic heterocycles. The highest BCUT2D eigenvalue weighted by Gasteiger charge is 2.43. The van der Waals surface area contributed by atoms with E-state index in [4.69, 9.17) is 0 Å². The monoisotopic (exact) mass is 308 g/mol. The molecular weight excluding hydrogens is 285 g/mol. The molecule has 1 saturated carbocycles. The van der Waals surface area contributed by atoms with Gasteiger partial charge in [-0.25, -0.2) is 0 Å². The summed E-state index contributed by atoms with van der Waals surface area (Å²) in [4.78, 5) is 13.8. The van der Waals surface area contributed by atoms with Gasteiger partial charge in [-0.1, -0.05) is 0 Å². The molecule has 1 amide bonds. The van der Waals surface area contributed by atoms with Gasteiger partial charge in [0.1, 0.15) is 0 Å². The smallest absolute Gasteiger partial charge is 0.387 e. The lowest BCUT2D eigenvalue weighted by Crippen LogP contribution is -2.47. The average molecular weight is 308 g/mol. The lowest BCUT2D eigenvalue weighted by molar-refractivity contribution is -0.185. The van der Waals surface area contributed by atoms with Crippen LogP contribution in [0.15, 0.2) is 0 Å². The molecule has 4 nitrogen and oxygen atoms in total. The molecule has 0 aromatic rings. The number of rotatable bonds is 3. The molecule has 2 N–H and O–H groups in total. The number of alkyl halides is 3. The minimum atomic E-state index is -4.15. The van der Waals surface area contributed by atoms with Crippen LogP contribution in [0.1, 0.15) is 32.1 Å². The Bertz CT molecular complexity index is 373. The second kappa shape index (κ2) is 6.12. The Balaban J connectivity index is 1.84. The number of halogens is 3. The number of carbonyl (C=O) groups is 1. The lowest BCUT2D eigenvalue weighted by Gasteiger charge is -2.34. The molecule has 122 valence electrons. The van der Waals surface area contributed by atoms with Crippen LogP contribution in [-0.2, 0) is 4.79 Å². The average Bonchev–Trinajstić information content (AvgIpc) is 2.83. The Morgan fingerprint density at radius 2 is 1.95 bits per heavy atom. The Kier molecular flexibility index (Phi) is 4.82. The van der Waals surface area contributed by atoms with E-state index in [-0.39, 0.29) is 44.1 Å². The van der Waals surface area contributed by atoms with Gasteiger partial charge in [0.15, 0.2) is 0 Å². The molecule has 0 aromatic carbocycles. The van der Waals surface area contributed by atoms with Gasteiger partial charge in [0.05, 0.1) is 18.1 Å². The molecule has 1 atom stereocenters. The highest BCUT2D eigenvalue weighted by atomic mass is 19.4. The van der Waals surface area contributed by atoms with Gasteiger partial charge in [-0.05, 0) is 38.6 Å². The molecule has 7 heteroatoms. The molecule has 21 heavy (non-hydrogen) atoms. The van der Waals surface area contributed by atoms with Crippen LogP contribution in [0, 0.1) is 11.8 Å². The third-order valence-corrected chi connectivity index (χ3v) is 4.67. The SMILES string of the molecule is CN(CC1(O)CCNC1)C(=O)C1CCC(C(F)(F)F)CC1. The second-order valence-corrected chi connectivity index (χ2v) is 6.44. The molecule has 1 heterocycles. The lowest BCUT2D eigenvalue weighted by atomic mass is 9.81. The molecule has 1 unspecified atom stereocenters. The van der Waals surface area contributed by atoms with Crippen molar-refractivity contribution in [3.05, 3.63) is 0 Å². The molecule has 1 saturated heterocycles. The summed E-state index contributed by atoms with van der Waals surface area (Å²) in [6.07, 6.45) is -2.94. The van der Waals surface area contributed by atoms with Crippen molar-refractivity contribution in [1.29, 1.82) is 0 Å². The summed E-state index contributed by atoms with van der Waals surface area (Å²) < 4.78 is 37.8. The number of hydrogen-bond acceptors (Lipinski definition) is 3. The van der Waals surface area contributed by atoms with E-state index in [0.717, 1.165) is 6.54 Å². The third-order valence-electron chi connectivity index (χ3n) is 4.67. The van der Waals surface area contributed by atoms with Crippen molar-refractivity contribution in [3.8, 4) is 0 Å². The van der Waals surface area contributed by atoms with Gasteiger partial charge in [-0.15, -0.1) is 0 Å². The van der Waals surface area contributed by atoms with Gasteiger partial charge in [0.25, 0.3) is 0 Å². The maximum atomic E-state index is 12.6. The summed E-state index contributed by atoms with van der Waals surface area (Å²) in [5.41, 5.74) is -0.909. The molecule has 2 aliphatic rings. The van der Waals surface area contributed by atoms with Crippen molar-refractivity contribution in [2.75, 3.05) is 26.7 Å². The number of aliphatic hydroxyl groups is 1. The third kappa shape index (κ3) is 4.10.